The Morgan fingerprint density at radius 1 is 0.958 bits per heavy atom. The van der Waals surface area contributed by atoms with E-state index in [1.54, 1.807) is 0 Å². The Morgan fingerprint density at radius 2 is 1.50 bits per heavy atom. The van der Waals surface area contributed by atoms with Gasteiger partial charge in [-0.2, -0.15) is 0 Å². The summed E-state index contributed by atoms with van der Waals surface area (Å²) in [5.74, 6) is 0.0421. The number of nitrogens with one attached hydrogen (secondary N) is 1. The van der Waals surface area contributed by atoms with Gasteiger partial charge in [-0.25, -0.2) is 0 Å². The van der Waals surface area contributed by atoms with Gasteiger partial charge in [-0.05, 0) is 18.9 Å². The monoisotopic (exact) mass is 333 g/mol. The van der Waals surface area contributed by atoms with Crippen LogP contribution in [0.4, 0.5) is 0 Å². The molecule has 1 aromatic carbocycles. The average Bonchev–Trinajstić information content (AvgIpc) is 2.60. The second-order valence-electron chi connectivity index (χ2n) is 6.79. The molecule has 1 aromatic rings. The van der Waals surface area contributed by atoms with Gasteiger partial charge < -0.3 is 10.4 Å². The lowest BCUT2D eigenvalue weighted by molar-refractivity contribution is -0.122. The van der Waals surface area contributed by atoms with Gasteiger partial charge in [0.05, 0.1) is 12.1 Å². The maximum atomic E-state index is 12.0. The van der Waals surface area contributed by atoms with E-state index >= 15 is 0 Å². The first kappa shape index (κ1) is 20.7. The third kappa shape index (κ3) is 9.07. The molecule has 0 fully saturated rings. The first-order valence-corrected chi connectivity index (χ1v) is 9.67. The largest absolute Gasteiger partial charge is 0.386 e. The maximum absolute atomic E-state index is 12.0. The normalized spacial score (nSPS) is 13.5. The van der Waals surface area contributed by atoms with E-state index in [1.807, 2.05) is 37.3 Å². The Hall–Kier alpha value is -1.35. The molecule has 1 amide bonds. The van der Waals surface area contributed by atoms with E-state index in [9.17, 15) is 9.90 Å². The predicted octanol–water partition coefficient (Wildman–Crippen LogP) is 5.15. The van der Waals surface area contributed by atoms with Gasteiger partial charge in [-0.3, -0.25) is 4.79 Å². The third-order valence-corrected chi connectivity index (χ3v) is 4.51. The Balaban J connectivity index is 2.07. The van der Waals surface area contributed by atoms with Crippen molar-refractivity contribution in [2.45, 2.75) is 90.2 Å². The highest BCUT2D eigenvalue weighted by Gasteiger charge is 2.17. The highest BCUT2D eigenvalue weighted by Crippen LogP contribution is 2.16. The Labute approximate surface area is 147 Å². The summed E-state index contributed by atoms with van der Waals surface area (Å²) in [4.78, 5) is 12.0. The van der Waals surface area contributed by atoms with E-state index in [-0.39, 0.29) is 11.9 Å². The molecule has 0 aromatic heterocycles. The van der Waals surface area contributed by atoms with Gasteiger partial charge in [-0.15, -0.1) is 0 Å². The molecule has 3 heteroatoms. The van der Waals surface area contributed by atoms with Crippen LogP contribution in [0.2, 0.25) is 0 Å². The van der Waals surface area contributed by atoms with Crippen molar-refractivity contribution in [2.24, 2.45) is 0 Å². The van der Waals surface area contributed by atoms with E-state index in [0.29, 0.717) is 6.42 Å². The van der Waals surface area contributed by atoms with Crippen LogP contribution in [0.25, 0.3) is 0 Å². The van der Waals surface area contributed by atoms with Crippen molar-refractivity contribution in [3.8, 4) is 0 Å². The molecule has 0 saturated heterocycles. The smallest absolute Gasteiger partial charge is 0.220 e. The van der Waals surface area contributed by atoms with Gasteiger partial charge in [0.15, 0.2) is 0 Å². The van der Waals surface area contributed by atoms with Gasteiger partial charge in [-0.1, -0.05) is 88.6 Å². The first-order valence-electron chi connectivity index (χ1n) is 9.67. The van der Waals surface area contributed by atoms with E-state index in [2.05, 4.69) is 12.2 Å². The number of aliphatic hydroxyl groups is 1. The van der Waals surface area contributed by atoms with Crippen molar-refractivity contribution in [1.29, 1.82) is 0 Å². The lowest BCUT2D eigenvalue weighted by atomic mass is 10.0. The minimum absolute atomic E-state index is 0.0421. The van der Waals surface area contributed by atoms with Crippen LogP contribution in [0.3, 0.4) is 0 Å². The van der Waals surface area contributed by atoms with Crippen molar-refractivity contribution in [1.82, 2.24) is 5.32 Å². The van der Waals surface area contributed by atoms with Gasteiger partial charge in [0, 0.05) is 6.42 Å². The summed E-state index contributed by atoms with van der Waals surface area (Å²) in [6.07, 6.45) is 11.2. The number of carbonyl (C=O) groups excluding carboxylic acids is 1. The van der Waals surface area contributed by atoms with Crippen LogP contribution in [0.1, 0.15) is 89.7 Å². The molecule has 0 aliphatic rings. The fraction of sp³-hybridized carbons (Fsp3) is 0.667. The fourth-order valence-electron chi connectivity index (χ4n) is 2.94. The lowest BCUT2D eigenvalue weighted by Crippen LogP contribution is -2.36. The van der Waals surface area contributed by atoms with Crippen molar-refractivity contribution in [3.63, 3.8) is 0 Å². The van der Waals surface area contributed by atoms with Crippen LogP contribution in [-0.4, -0.2) is 17.1 Å². The maximum Gasteiger partial charge on any atom is 0.220 e. The van der Waals surface area contributed by atoms with E-state index < -0.39 is 6.10 Å². The highest BCUT2D eigenvalue weighted by atomic mass is 16.3. The number of amides is 1. The Kier molecular flexibility index (Phi) is 11.2. The van der Waals surface area contributed by atoms with Gasteiger partial charge >= 0.3 is 0 Å². The van der Waals surface area contributed by atoms with Crippen LogP contribution in [0.5, 0.6) is 0 Å². The molecule has 0 aliphatic heterocycles. The summed E-state index contributed by atoms with van der Waals surface area (Å²) in [6, 6.07) is 9.22. The summed E-state index contributed by atoms with van der Waals surface area (Å²) in [6.45, 7) is 4.09. The molecule has 2 atom stereocenters. The first-order chi connectivity index (χ1) is 11.6. The number of rotatable bonds is 13. The van der Waals surface area contributed by atoms with E-state index in [0.717, 1.165) is 18.4 Å². The zero-order chi connectivity index (χ0) is 17.6. The Morgan fingerprint density at radius 3 is 2.08 bits per heavy atom. The summed E-state index contributed by atoms with van der Waals surface area (Å²) in [5, 5.41) is 13.2. The number of carbonyl (C=O) groups is 1. The van der Waals surface area contributed by atoms with Crippen molar-refractivity contribution in [2.75, 3.05) is 0 Å². The predicted molar refractivity (Wildman–Crippen MR) is 101 cm³/mol. The Bertz CT molecular complexity index is 433. The minimum atomic E-state index is -0.654. The summed E-state index contributed by atoms with van der Waals surface area (Å²) >= 11 is 0. The lowest BCUT2D eigenvalue weighted by Gasteiger charge is -2.20. The quantitative estimate of drug-likeness (QED) is 0.491. The molecule has 0 saturated carbocycles. The molecule has 136 valence electrons. The zero-order valence-electron chi connectivity index (χ0n) is 15.5. The molecule has 0 unspecified atom stereocenters. The topological polar surface area (TPSA) is 49.3 Å². The molecule has 0 aliphatic carbocycles. The molecule has 1 rings (SSSR count). The second kappa shape index (κ2) is 13.0. The van der Waals surface area contributed by atoms with Crippen molar-refractivity contribution < 1.29 is 9.90 Å². The number of benzene rings is 1. The number of hydrogen-bond acceptors (Lipinski definition) is 2. The summed E-state index contributed by atoms with van der Waals surface area (Å²) in [5.41, 5.74) is 0.841. The second-order valence-corrected chi connectivity index (χ2v) is 6.79. The molecule has 0 bridgehead atoms. The fourth-order valence-corrected chi connectivity index (χ4v) is 2.94. The average molecular weight is 334 g/mol. The molecule has 0 radical (unpaired) electrons. The molecule has 2 N–H and O–H groups in total. The number of hydrogen-bond donors (Lipinski definition) is 2. The summed E-state index contributed by atoms with van der Waals surface area (Å²) < 4.78 is 0. The zero-order valence-corrected chi connectivity index (χ0v) is 15.5. The van der Waals surface area contributed by atoms with Gasteiger partial charge in [0.2, 0.25) is 5.91 Å². The van der Waals surface area contributed by atoms with Crippen LogP contribution in [-0.2, 0) is 4.79 Å². The third-order valence-electron chi connectivity index (χ3n) is 4.51. The molecular weight excluding hydrogens is 298 g/mol. The number of aliphatic hydroxyl groups excluding tert-OH is 1. The molecular formula is C21H35NO2. The molecule has 3 nitrogen and oxygen atoms in total. The van der Waals surface area contributed by atoms with Crippen LogP contribution in [0.15, 0.2) is 30.3 Å². The van der Waals surface area contributed by atoms with Gasteiger partial charge in [0.1, 0.15) is 0 Å². The van der Waals surface area contributed by atoms with Gasteiger partial charge in [0.25, 0.3) is 0 Å². The van der Waals surface area contributed by atoms with E-state index in [4.69, 9.17) is 0 Å². The van der Waals surface area contributed by atoms with Crippen LogP contribution < -0.4 is 5.32 Å². The SMILES string of the molecule is CCCCCCCCCCCC(=O)N[C@@H](C)[C@H](O)c1ccccc1. The molecule has 0 heterocycles. The molecule has 0 spiro atoms. The van der Waals surface area contributed by atoms with Crippen molar-refractivity contribution >= 4 is 5.91 Å². The number of unbranched alkanes of at least 4 members (excludes halogenated alkanes) is 8. The minimum Gasteiger partial charge on any atom is -0.386 e. The molecule has 24 heavy (non-hydrogen) atoms. The van der Waals surface area contributed by atoms with Crippen LogP contribution in [0, 0.1) is 0 Å². The van der Waals surface area contributed by atoms with Crippen molar-refractivity contribution in [3.05, 3.63) is 35.9 Å². The summed E-state index contributed by atoms with van der Waals surface area (Å²) in [7, 11) is 0. The standard InChI is InChI=1S/C21H35NO2/c1-3-4-5-6-7-8-9-10-14-17-20(23)22-18(2)21(24)19-15-12-11-13-16-19/h11-13,15-16,18,21,24H,3-10,14,17H2,1-2H3,(H,22,23)/t18-,21-/m0/s1. The van der Waals surface area contributed by atoms with E-state index in [1.165, 1.54) is 44.9 Å². The van der Waals surface area contributed by atoms with Crippen LogP contribution >= 0.6 is 0 Å². The highest BCUT2D eigenvalue weighted by molar-refractivity contribution is 5.76.